The number of nitrogens with zero attached hydrogens (tertiary/aromatic N) is 2. The van der Waals surface area contributed by atoms with Crippen LogP contribution in [0.5, 0.6) is 0 Å². The van der Waals surface area contributed by atoms with E-state index in [2.05, 4.69) is 67.6 Å². The zero-order valence-electron chi connectivity index (χ0n) is 14.1. The van der Waals surface area contributed by atoms with E-state index in [0.29, 0.717) is 4.75 Å². The molecule has 0 aromatic carbocycles. The molecule has 21 heavy (non-hydrogen) atoms. The van der Waals surface area contributed by atoms with Gasteiger partial charge in [-0.3, -0.25) is 4.98 Å². The van der Waals surface area contributed by atoms with Gasteiger partial charge in [-0.25, -0.2) is 0 Å². The van der Waals surface area contributed by atoms with Crippen molar-refractivity contribution in [3.8, 4) is 0 Å². The van der Waals surface area contributed by atoms with Gasteiger partial charge in [0.1, 0.15) is 0 Å². The molecule has 1 aromatic heterocycles. The van der Waals surface area contributed by atoms with Gasteiger partial charge in [0, 0.05) is 59.3 Å². The van der Waals surface area contributed by atoms with Gasteiger partial charge < -0.3 is 10.2 Å². The van der Waals surface area contributed by atoms with Crippen LogP contribution in [0.4, 0.5) is 5.69 Å². The van der Waals surface area contributed by atoms with Crippen molar-refractivity contribution in [3.63, 3.8) is 0 Å². The van der Waals surface area contributed by atoms with Crippen molar-refractivity contribution in [1.29, 1.82) is 0 Å². The first-order chi connectivity index (χ1) is 9.77. The summed E-state index contributed by atoms with van der Waals surface area (Å²) in [5, 5.41) is 3.58. The van der Waals surface area contributed by atoms with Crippen molar-refractivity contribution in [2.75, 3.05) is 23.7 Å². The lowest BCUT2D eigenvalue weighted by molar-refractivity contribution is 0.424. The van der Waals surface area contributed by atoms with E-state index in [-0.39, 0.29) is 5.54 Å². The fourth-order valence-electron chi connectivity index (χ4n) is 2.49. The van der Waals surface area contributed by atoms with Crippen molar-refractivity contribution < 1.29 is 0 Å². The van der Waals surface area contributed by atoms with Gasteiger partial charge in [0.05, 0.1) is 0 Å². The molecule has 1 aliphatic heterocycles. The number of hydrogen-bond acceptors (Lipinski definition) is 4. The topological polar surface area (TPSA) is 28.2 Å². The van der Waals surface area contributed by atoms with Crippen LogP contribution in [-0.4, -0.2) is 34.1 Å². The second-order valence-corrected chi connectivity index (χ2v) is 9.26. The number of thioether (sulfide) groups is 1. The minimum atomic E-state index is 0.129. The molecule has 1 fully saturated rings. The molecular formula is C17H29N3S. The average molecular weight is 308 g/mol. The highest BCUT2D eigenvalue weighted by molar-refractivity contribution is 8.00. The molecule has 1 aromatic rings. The Morgan fingerprint density at radius 2 is 2.10 bits per heavy atom. The van der Waals surface area contributed by atoms with Crippen LogP contribution < -0.4 is 10.2 Å². The molecule has 1 aliphatic rings. The van der Waals surface area contributed by atoms with Gasteiger partial charge in [0.25, 0.3) is 0 Å². The van der Waals surface area contributed by atoms with Crippen LogP contribution in [0.3, 0.4) is 0 Å². The Labute approximate surface area is 133 Å². The van der Waals surface area contributed by atoms with E-state index in [1.165, 1.54) is 23.4 Å². The normalized spacial score (nSPS) is 19.4. The fraction of sp³-hybridized carbons (Fsp3) is 0.706. The lowest BCUT2D eigenvalue weighted by Crippen LogP contribution is -2.36. The van der Waals surface area contributed by atoms with E-state index in [4.69, 9.17) is 0 Å². The van der Waals surface area contributed by atoms with Crippen molar-refractivity contribution in [2.24, 2.45) is 0 Å². The number of rotatable bonds is 3. The van der Waals surface area contributed by atoms with E-state index < -0.39 is 0 Å². The molecule has 0 unspecified atom stereocenters. The third-order valence-corrected chi connectivity index (χ3v) is 5.24. The molecular weight excluding hydrogens is 278 g/mol. The van der Waals surface area contributed by atoms with E-state index in [1.54, 1.807) is 0 Å². The molecule has 3 nitrogen and oxygen atoms in total. The summed E-state index contributed by atoms with van der Waals surface area (Å²) in [5.41, 5.74) is 2.78. The molecule has 0 atom stereocenters. The number of anilines is 1. The van der Waals surface area contributed by atoms with Gasteiger partial charge in [0.2, 0.25) is 0 Å². The summed E-state index contributed by atoms with van der Waals surface area (Å²) in [6.45, 7) is 14.5. The summed E-state index contributed by atoms with van der Waals surface area (Å²) < 4.78 is 0.394. The summed E-state index contributed by atoms with van der Waals surface area (Å²) in [4.78, 5) is 6.85. The van der Waals surface area contributed by atoms with E-state index in [9.17, 15) is 0 Å². The molecule has 2 heterocycles. The summed E-state index contributed by atoms with van der Waals surface area (Å²) >= 11 is 2.09. The second kappa shape index (κ2) is 6.57. The largest absolute Gasteiger partial charge is 0.370 e. The Hall–Kier alpha value is -0.740. The minimum Gasteiger partial charge on any atom is -0.370 e. The minimum absolute atomic E-state index is 0.129. The van der Waals surface area contributed by atoms with Gasteiger partial charge in [-0.15, -0.1) is 0 Å². The molecule has 0 bridgehead atoms. The second-order valence-electron chi connectivity index (χ2n) is 7.45. The number of aromatic nitrogens is 1. The van der Waals surface area contributed by atoms with Crippen molar-refractivity contribution in [3.05, 3.63) is 24.0 Å². The molecule has 0 radical (unpaired) electrons. The van der Waals surface area contributed by atoms with Crippen LogP contribution >= 0.6 is 11.8 Å². The van der Waals surface area contributed by atoms with Crippen molar-refractivity contribution in [1.82, 2.24) is 10.3 Å². The molecule has 118 valence electrons. The molecule has 1 N–H and O–H groups in total. The lowest BCUT2D eigenvalue weighted by Gasteiger charge is -2.27. The van der Waals surface area contributed by atoms with E-state index >= 15 is 0 Å². The molecule has 4 heteroatoms. The summed E-state index contributed by atoms with van der Waals surface area (Å²) in [6, 6.07) is 2.17. The summed E-state index contributed by atoms with van der Waals surface area (Å²) in [6.07, 6.45) is 5.16. The third-order valence-electron chi connectivity index (χ3n) is 3.87. The Morgan fingerprint density at radius 1 is 1.33 bits per heavy atom. The Bertz CT molecular complexity index is 465. The zero-order chi connectivity index (χ0) is 15.5. The van der Waals surface area contributed by atoms with Crippen LogP contribution in [-0.2, 0) is 6.54 Å². The van der Waals surface area contributed by atoms with Gasteiger partial charge in [-0.2, -0.15) is 11.8 Å². The number of pyridine rings is 1. The van der Waals surface area contributed by atoms with Crippen LogP contribution in [0, 0.1) is 0 Å². The molecule has 0 saturated carbocycles. The van der Waals surface area contributed by atoms with Crippen LogP contribution in [0.1, 0.15) is 46.6 Å². The lowest BCUT2D eigenvalue weighted by atomic mass is 10.1. The first kappa shape index (κ1) is 16.6. The van der Waals surface area contributed by atoms with Gasteiger partial charge in [0.15, 0.2) is 0 Å². The molecule has 2 rings (SSSR count). The molecule has 0 aliphatic carbocycles. The Morgan fingerprint density at radius 3 is 2.81 bits per heavy atom. The molecule has 0 amide bonds. The van der Waals surface area contributed by atoms with Crippen LogP contribution in [0.15, 0.2) is 18.5 Å². The van der Waals surface area contributed by atoms with Crippen LogP contribution in [0.2, 0.25) is 0 Å². The standard InChI is InChI=1S/C17H29N3S/c1-16(2,3)19-13-14-12-18-8-6-15(14)20-9-7-17(4,5)21-11-10-20/h6,8,12,19H,7,9-11,13H2,1-5H3. The highest BCUT2D eigenvalue weighted by atomic mass is 32.2. The zero-order valence-corrected chi connectivity index (χ0v) is 14.9. The average Bonchev–Trinajstić information content (AvgIpc) is 2.57. The highest BCUT2D eigenvalue weighted by Gasteiger charge is 2.24. The molecule has 0 spiro atoms. The van der Waals surface area contributed by atoms with Gasteiger partial charge in [-0.05, 0) is 33.3 Å². The predicted molar refractivity (Wildman–Crippen MR) is 94.2 cm³/mol. The monoisotopic (exact) mass is 307 g/mol. The smallest absolute Gasteiger partial charge is 0.0443 e. The van der Waals surface area contributed by atoms with E-state index in [1.807, 2.05) is 12.4 Å². The van der Waals surface area contributed by atoms with Crippen molar-refractivity contribution in [2.45, 2.75) is 57.9 Å². The van der Waals surface area contributed by atoms with E-state index in [0.717, 1.165) is 19.6 Å². The van der Waals surface area contributed by atoms with Crippen molar-refractivity contribution >= 4 is 17.4 Å². The maximum Gasteiger partial charge on any atom is 0.0443 e. The number of nitrogens with one attached hydrogen (secondary N) is 1. The maximum atomic E-state index is 4.32. The first-order valence-corrected chi connectivity index (χ1v) is 8.82. The van der Waals surface area contributed by atoms with Crippen LogP contribution in [0.25, 0.3) is 0 Å². The Balaban J connectivity index is 2.12. The SMILES string of the molecule is CC(C)(C)NCc1cnccc1N1CCSC(C)(C)CC1. The highest BCUT2D eigenvalue weighted by Crippen LogP contribution is 2.33. The van der Waals surface area contributed by atoms with Gasteiger partial charge in [-0.1, -0.05) is 13.8 Å². The molecule has 1 saturated heterocycles. The number of hydrogen-bond donors (Lipinski definition) is 1. The summed E-state index contributed by atoms with van der Waals surface area (Å²) in [5.74, 6) is 1.20. The predicted octanol–water partition coefficient (Wildman–Crippen LogP) is 3.69. The van der Waals surface area contributed by atoms with Gasteiger partial charge >= 0.3 is 0 Å². The fourth-order valence-corrected chi connectivity index (χ4v) is 3.59. The maximum absolute atomic E-state index is 4.32. The third kappa shape index (κ3) is 5.19. The Kier molecular flexibility index (Phi) is 5.20. The first-order valence-electron chi connectivity index (χ1n) is 7.84. The quantitative estimate of drug-likeness (QED) is 0.922. The summed E-state index contributed by atoms with van der Waals surface area (Å²) in [7, 11) is 0.